The highest BCUT2D eigenvalue weighted by atomic mass is 16.6. The molecule has 1 fully saturated rings. The van der Waals surface area contributed by atoms with Gasteiger partial charge in [0, 0.05) is 43.2 Å². The lowest BCUT2D eigenvalue weighted by atomic mass is 10.1. The molecule has 2 aromatic carbocycles. The lowest BCUT2D eigenvalue weighted by Gasteiger charge is -2.34. The van der Waals surface area contributed by atoms with E-state index < -0.39 is 4.92 Å². The largest absolute Gasteiger partial charge is 0.451 e. The van der Waals surface area contributed by atoms with E-state index in [1.807, 2.05) is 24.3 Å². The van der Waals surface area contributed by atoms with Gasteiger partial charge in [0.15, 0.2) is 5.76 Å². The highest BCUT2D eigenvalue weighted by molar-refractivity contribution is 5.96. The average molecular weight is 393 g/mol. The average Bonchev–Trinajstić information content (AvgIpc) is 3.18. The summed E-state index contributed by atoms with van der Waals surface area (Å²) in [4.78, 5) is 39.2. The number of fused-ring (bicyclic) bond motifs is 1. The van der Waals surface area contributed by atoms with Gasteiger partial charge in [-0.3, -0.25) is 19.7 Å². The minimum Gasteiger partial charge on any atom is -0.451 e. The molecule has 3 aromatic rings. The Morgan fingerprint density at radius 2 is 1.62 bits per heavy atom. The first kappa shape index (κ1) is 18.7. The molecule has 8 heteroatoms. The van der Waals surface area contributed by atoms with Crippen molar-refractivity contribution >= 4 is 28.5 Å². The maximum absolute atomic E-state index is 12.7. The van der Waals surface area contributed by atoms with Crippen molar-refractivity contribution < 1.29 is 18.9 Å². The number of para-hydroxylation sites is 2. The predicted molar refractivity (Wildman–Crippen MR) is 105 cm³/mol. The Hall–Kier alpha value is -3.68. The monoisotopic (exact) mass is 393 g/mol. The molecule has 0 radical (unpaired) electrons. The first-order valence-electron chi connectivity index (χ1n) is 9.31. The van der Waals surface area contributed by atoms with Crippen molar-refractivity contribution in [2.45, 2.75) is 6.42 Å². The number of nitro benzene ring substituents is 1. The second-order valence-corrected chi connectivity index (χ2v) is 6.88. The molecule has 1 saturated heterocycles. The molecular weight excluding hydrogens is 374 g/mol. The number of nitrogens with zero attached hydrogens (tertiary/aromatic N) is 3. The number of hydrogen-bond donors (Lipinski definition) is 0. The molecular formula is C21H19N3O5. The number of carbonyl (C=O) groups is 2. The fourth-order valence-electron chi connectivity index (χ4n) is 3.52. The van der Waals surface area contributed by atoms with E-state index in [1.54, 1.807) is 34.1 Å². The normalized spacial score (nSPS) is 14.2. The number of amides is 2. The molecule has 0 atom stereocenters. The van der Waals surface area contributed by atoms with Gasteiger partial charge in [0.25, 0.3) is 11.6 Å². The number of hydrogen-bond acceptors (Lipinski definition) is 5. The highest BCUT2D eigenvalue weighted by Crippen LogP contribution is 2.22. The minimum atomic E-state index is -0.480. The van der Waals surface area contributed by atoms with Gasteiger partial charge in [0.05, 0.1) is 11.3 Å². The molecule has 4 rings (SSSR count). The summed E-state index contributed by atoms with van der Waals surface area (Å²) >= 11 is 0. The number of benzene rings is 2. The summed E-state index contributed by atoms with van der Waals surface area (Å²) in [5.74, 6) is -0.104. The molecule has 0 unspecified atom stereocenters. The lowest BCUT2D eigenvalue weighted by Crippen LogP contribution is -2.51. The Morgan fingerprint density at radius 1 is 0.966 bits per heavy atom. The fourth-order valence-corrected chi connectivity index (χ4v) is 3.52. The molecule has 2 amide bonds. The van der Waals surface area contributed by atoms with Crippen molar-refractivity contribution in [1.29, 1.82) is 0 Å². The van der Waals surface area contributed by atoms with Gasteiger partial charge >= 0.3 is 0 Å². The molecule has 0 saturated carbocycles. The van der Waals surface area contributed by atoms with Crippen LogP contribution in [0.4, 0.5) is 5.69 Å². The summed E-state index contributed by atoms with van der Waals surface area (Å²) in [6.45, 7) is 1.54. The fraction of sp³-hybridized carbons (Fsp3) is 0.238. The minimum absolute atomic E-state index is 0.0331. The Labute approximate surface area is 166 Å². The lowest BCUT2D eigenvalue weighted by molar-refractivity contribution is -0.385. The number of furan rings is 1. The summed E-state index contributed by atoms with van der Waals surface area (Å²) in [6.07, 6.45) is -0.0331. The summed E-state index contributed by atoms with van der Waals surface area (Å²) < 4.78 is 5.64. The molecule has 29 heavy (non-hydrogen) atoms. The van der Waals surface area contributed by atoms with E-state index >= 15 is 0 Å². The third-order valence-corrected chi connectivity index (χ3v) is 5.09. The van der Waals surface area contributed by atoms with Crippen LogP contribution in [0, 0.1) is 10.1 Å². The summed E-state index contributed by atoms with van der Waals surface area (Å²) in [7, 11) is 0. The van der Waals surface area contributed by atoms with E-state index in [0.29, 0.717) is 37.3 Å². The van der Waals surface area contributed by atoms with Gasteiger partial charge in [-0.15, -0.1) is 0 Å². The van der Waals surface area contributed by atoms with Crippen LogP contribution in [-0.4, -0.2) is 52.7 Å². The molecule has 0 N–H and O–H groups in total. The quantitative estimate of drug-likeness (QED) is 0.502. The van der Waals surface area contributed by atoms with Crippen molar-refractivity contribution in [2.75, 3.05) is 26.2 Å². The molecule has 148 valence electrons. The van der Waals surface area contributed by atoms with Crippen molar-refractivity contribution in [3.63, 3.8) is 0 Å². The Kier molecular flexibility index (Phi) is 4.99. The molecule has 1 aliphatic heterocycles. The van der Waals surface area contributed by atoms with Crippen molar-refractivity contribution in [2.24, 2.45) is 0 Å². The van der Waals surface area contributed by atoms with Crippen molar-refractivity contribution in [1.82, 2.24) is 9.80 Å². The molecule has 1 aliphatic rings. The second-order valence-electron chi connectivity index (χ2n) is 6.88. The van der Waals surface area contributed by atoms with Crippen LogP contribution in [0.25, 0.3) is 11.0 Å². The SMILES string of the molecule is O=C(Cc1ccccc1[N+](=O)[O-])N1CCN(C(=O)c2cc3ccccc3o2)CC1. The molecule has 1 aromatic heterocycles. The van der Waals surface area contributed by atoms with Crippen LogP contribution in [0.2, 0.25) is 0 Å². The van der Waals surface area contributed by atoms with E-state index in [4.69, 9.17) is 4.42 Å². The molecule has 2 heterocycles. The summed E-state index contributed by atoms with van der Waals surface area (Å²) in [5.41, 5.74) is 0.997. The van der Waals surface area contributed by atoms with Crippen molar-refractivity contribution in [3.05, 3.63) is 76.0 Å². The van der Waals surface area contributed by atoms with Crippen LogP contribution < -0.4 is 0 Å². The molecule has 0 bridgehead atoms. The topological polar surface area (TPSA) is 96.9 Å². The van der Waals surface area contributed by atoms with E-state index in [9.17, 15) is 19.7 Å². The van der Waals surface area contributed by atoms with Crippen LogP contribution in [0.1, 0.15) is 16.1 Å². The number of carbonyl (C=O) groups excluding carboxylic acids is 2. The maximum Gasteiger partial charge on any atom is 0.289 e. The van der Waals surface area contributed by atoms with Crippen LogP contribution in [0.5, 0.6) is 0 Å². The van der Waals surface area contributed by atoms with Gasteiger partial charge in [-0.1, -0.05) is 36.4 Å². The maximum atomic E-state index is 12.7. The Morgan fingerprint density at radius 3 is 2.34 bits per heavy atom. The number of nitro groups is 1. The van der Waals surface area contributed by atoms with E-state index in [-0.39, 0.29) is 29.7 Å². The van der Waals surface area contributed by atoms with Gasteiger partial charge < -0.3 is 14.2 Å². The first-order valence-corrected chi connectivity index (χ1v) is 9.31. The van der Waals surface area contributed by atoms with Crippen LogP contribution in [0.3, 0.4) is 0 Å². The first-order chi connectivity index (χ1) is 14.0. The van der Waals surface area contributed by atoms with Crippen LogP contribution in [-0.2, 0) is 11.2 Å². The Balaban J connectivity index is 1.38. The zero-order chi connectivity index (χ0) is 20.4. The number of piperazine rings is 1. The second kappa shape index (κ2) is 7.75. The summed E-state index contributed by atoms with van der Waals surface area (Å²) in [5, 5.41) is 12.0. The zero-order valence-corrected chi connectivity index (χ0v) is 15.6. The predicted octanol–water partition coefficient (Wildman–Crippen LogP) is 2.87. The Bertz CT molecular complexity index is 1050. The van der Waals surface area contributed by atoms with E-state index in [1.165, 1.54) is 6.07 Å². The van der Waals surface area contributed by atoms with E-state index in [2.05, 4.69) is 0 Å². The smallest absolute Gasteiger partial charge is 0.289 e. The summed E-state index contributed by atoms with van der Waals surface area (Å²) in [6, 6.07) is 15.4. The standard InChI is InChI=1S/C21H19N3O5/c25-20(14-15-5-1-3-7-17(15)24(27)28)22-9-11-23(12-10-22)21(26)19-13-16-6-2-4-8-18(16)29-19/h1-8,13H,9-12,14H2. The van der Waals surface area contributed by atoms with Gasteiger partial charge in [0.2, 0.25) is 5.91 Å². The zero-order valence-electron chi connectivity index (χ0n) is 15.6. The van der Waals surface area contributed by atoms with Gasteiger partial charge in [-0.05, 0) is 12.1 Å². The number of rotatable bonds is 4. The highest BCUT2D eigenvalue weighted by Gasteiger charge is 2.27. The molecule has 0 spiro atoms. The van der Waals surface area contributed by atoms with Gasteiger partial charge in [-0.25, -0.2) is 0 Å². The van der Waals surface area contributed by atoms with Crippen LogP contribution in [0.15, 0.2) is 59.0 Å². The van der Waals surface area contributed by atoms with Gasteiger partial charge in [0.1, 0.15) is 5.58 Å². The van der Waals surface area contributed by atoms with Crippen molar-refractivity contribution in [3.8, 4) is 0 Å². The third-order valence-electron chi connectivity index (χ3n) is 5.09. The van der Waals surface area contributed by atoms with E-state index in [0.717, 1.165) is 5.39 Å². The molecule has 0 aliphatic carbocycles. The van der Waals surface area contributed by atoms with Gasteiger partial charge in [-0.2, -0.15) is 0 Å². The van der Waals surface area contributed by atoms with Crippen LogP contribution >= 0.6 is 0 Å². The third kappa shape index (κ3) is 3.82. The molecule has 8 nitrogen and oxygen atoms in total.